The summed E-state index contributed by atoms with van der Waals surface area (Å²) in [6, 6.07) is 17.5. The van der Waals surface area contributed by atoms with Crippen LogP contribution in [0, 0.1) is 11.7 Å². The van der Waals surface area contributed by atoms with Gasteiger partial charge in [0.25, 0.3) is 5.91 Å². The number of hydrogen-bond donors (Lipinski definition) is 2. The minimum atomic E-state index is -0.797. The second-order valence-electron chi connectivity index (χ2n) is 8.05. The van der Waals surface area contributed by atoms with Gasteiger partial charge in [0.05, 0.1) is 16.2 Å². The van der Waals surface area contributed by atoms with Gasteiger partial charge in [-0.1, -0.05) is 43.6 Å². The highest BCUT2D eigenvalue weighted by Gasteiger charge is 2.23. The fourth-order valence-electron chi connectivity index (χ4n) is 3.68. The Labute approximate surface area is 195 Å². The van der Waals surface area contributed by atoms with E-state index in [1.165, 1.54) is 12.1 Å². The molecule has 1 heterocycles. The number of nitrogens with two attached hydrogens (primary N) is 1. The Hall–Kier alpha value is -3.71. The molecule has 1 unspecified atom stereocenters. The molecule has 0 aliphatic rings. The predicted molar refractivity (Wildman–Crippen MR) is 127 cm³/mol. The summed E-state index contributed by atoms with van der Waals surface area (Å²) in [5.41, 5.74) is 8.38. The number of carbonyl (C=O) groups excluding carboxylic acids is 2. The van der Waals surface area contributed by atoms with E-state index in [1.807, 2.05) is 18.2 Å². The normalized spacial score (nSPS) is 12.2. The molecular formula is C25H22ClFN4O2. The van der Waals surface area contributed by atoms with Gasteiger partial charge in [-0.2, -0.15) is 5.10 Å². The fraction of sp³-hybridized carbons (Fsp3) is 0.160. The van der Waals surface area contributed by atoms with Gasteiger partial charge in [0, 0.05) is 16.5 Å². The minimum absolute atomic E-state index is 0.160. The summed E-state index contributed by atoms with van der Waals surface area (Å²) in [6.45, 7) is 3.61. The van der Waals surface area contributed by atoms with Crippen molar-refractivity contribution in [1.82, 2.24) is 15.1 Å². The largest absolute Gasteiger partial charge is 0.368 e. The summed E-state index contributed by atoms with van der Waals surface area (Å²) in [6.07, 6.45) is 0. The molecule has 4 aromatic rings. The van der Waals surface area contributed by atoms with Crippen molar-refractivity contribution in [3.63, 3.8) is 0 Å². The Kier molecular flexibility index (Phi) is 6.16. The second-order valence-corrected chi connectivity index (χ2v) is 8.45. The standard InChI is InChI=1S/C25H22ClFN4O2/c1-14(2)22(24(28)32)29-25(33)15-7-12-19-21(13-15)31(17-10-8-16(27)9-11-17)30-23(19)18-5-3-4-6-20(18)26/h3-14,22H,1-2H3,(H2,28,32)(H,29,33). The molecule has 0 radical (unpaired) electrons. The van der Waals surface area contributed by atoms with E-state index in [9.17, 15) is 14.0 Å². The van der Waals surface area contributed by atoms with Crippen molar-refractivity contribution in [2.75, 3.05) is 0 Å². The zero-order valence-corrected chi connectivity index (χ0v) is 18.8. The summed E-state index contributed by atoms with van der Waals surface area (Å²) >= 11 is 6.43. The highest BCUT2D eigenvalue weighted by Crippen LogP contribution is 2.34. The lowest BCUT2D eigenvalue weighted by atomic mass is 10.0. The summed E-state index contributed by atoms with van der Waals surface area (Å²) in [7, 11) is 0. The van der Waals surface area contributed by atoms with Gasteiger partial charge in [-0.15, -0.1) is 0 Å². The van der Waals surface area contributed by atoms with Crippen LogP contribution < -0.4 is 11.1 Å². The van der Waals surface area contributed by atoms with Gasteiger partial charge in [0.2, 0.25) is 5.91 Å². The number of aromatic nitrogens is 2. The molecule has 3 aromatic carbocycles. The van der Waals surface area contributed by atoms with Crippen LogP contribution in [0.15, 0.2) is 66.7 Å². The quantitative estimate of drug-likeness (QED) is 0.432. The monoisotopic (exact) mass is 464 g/mol. The lowest BCUT2D eigenvalue weighted by molar-refractivity contribution is -0.120. The summed E-state index contributed by atoms with van der Waals surface area (Å²) < 4.78 is 15.2. The second kappa shape index (κ2) is 9.03. The molecule has 3 N–H and O–H groups in total. The average Bonchev–Trinajstić information content (AvgIpc) is 3.16. The molecule has 8 heteroatoms. The molecule has 4 rings (SSSR count). The maximum absolute atomic E-state index is 13.5. The first-order chi connectivity index (χ1) is 15.8. The zero-order chi connectivity index (χ0) is 23.7. The van der Waals surface area contributed by atoms with Crippen LogP contribution in [0.2, 0.25) is 5.02 Å². The number of hydrogen-bond acceptors (Lipinski definition) is 3. The third-order valence-corrected chi connectivity index (χ3v) is 5.73. The van der Waals surface area contributed by atoms with Crippen molar-refractivity contribution in [3.8, 4) is 16.9 Å². The van der Waals surface area contributed by atoms with E-state index in [2.05, 4.69) is 5.32 Å². The van der Waals surface area contributed by atoms with E-state index in [1.54, 1.807) is 54.9 Å². The Morgan fingerprint density at radius 3 is 2.39 bits per heavy atom. The third-order valence-electron chi connectivity index (χ3n) is 5.40. The van der Waals surface area contributed by atoms with Crippen LogP contribution in [0.5, 0.6) is 0 Å². The van der Waals surface area contributed by atoms with Crippen LogP contribution >= 0.6 is 11.6 Å². The maximum Gasteiger partial charge on any atom is 0.252 e. The van der Waals surface area contributed by atoms with E-state index in [-0.39, 0.29) is 11.7 Å². The van der Waals surface area contributed by atoms with Crippen LogP contribution in [0.1, 0.15) is 24.2 Å². The molecule has 1 atom stereocenters. The molecule has 33 heavy (non-hydrogen) atoms. The van der Waals surface area contributed by atoms with E-state index < -0.39 is 17.9 Å². The van der Waals surface area contributed by atoms with Crippen molar-refractivity contribution in [2.24, 2.45) is 11.7 Å². The molecule has 6 nitrogen and oxygen atoms in total. The van der Waals surface area contributed by atoms with Gasteiger partial charge in [-0.25, -0.2) is 9.07 Å². The molecule has 0 fully saturated rings. The van der Waals surface area contributed by atoms with Crippen molar-refractivity contribution in [1.29, 1.82) is 0 Å². The van der Waals surface area contributed by atoms with Crippen molar-refractivity contribution >= 4 is 34.3 Å². The van der Waals surface area contributed by atoms with Crippen LogP contribution in [-0.4, -0.2) is 27.6 Å². The van der Waals surface area contributed by atoms with Gasteiger partial charge in [0.15, 0.2) is 0 Å². The van der Waals surface area contributed by atoms with Crippen molar-refractivity contribution in [3.05, 3.63) is 83.1 Å². The van der Waals surface area contributed by atoms with Crippen LogP contribution in [0.4, 0.5) is 4.39 Å². The third kappa shape index (κ3) is 4.45. The minimum Gasteiger partial charge on any atom is -0.368 e. The fourth-order valence-corrected chi connectivity index (χ4v) is 3.90. The number of rotatable bonds is 6. The van der Waals surface area contributed by atoms with E-state index in [0.717, 1.165) is 10.9 Å². The Balaban J connectivity index is 1.86. The van der Waals surface area contributed by atoms with Crippen molar-refractivity contribution in [2.45, 2.75) is 19.9 Å². The van der Waals surface area contributed by atoms with Gasteiger partial charge in [-0.05, 0) is 54.4 Å². The van der Waals surface area contributed by atoms with Crippen molar-refractivity contribution < 1.29 is 14.0 Å². The number of halogens is 2. The van der Waals surface area contributed by atoms with Crippen LogP contribution in [0.25, 0.3) is 27.8 Å². The summed E-state index contributed by atoms with van der Waals surface area (Å²) in [5.74, 6) is -1.56. The molecule has 1 aromatic heterocycles. The van der Waals surface area contributed by atoms with Gasteiger partial charge in [-0.3, -0.25) is 9.59 Å². The van der Waals surface area contributed by atoms with Gasteiger partial charge in [0.1, 0.15) is 17.6 Å². The molecule has 0 saturated heterocycles. The number of amides is 2. The highest BCUT2D eigenvalue weighted by molar-refractivity contribution is 6.33. The Morgan fingerprint density at radius 1 is 1.06 bits per heavy atom. The number of fused-ring (bicyclic) bond motifs is 1. The Morgan fingerprint density at radius 2 is 1.76 bits per heavy atom. The average molecular weight is 465 g/mol. The maximum atomic E-state index is 13.5. The number of carbonyl (C=O) groups is 2. The highest BCUT2D eigenvalue weighted by atomic mass is 35.5. The molecule has 0 bridgehead atoms. The summed E-state index contributed by atoms with van der Waals surface area (Å²) in [5, 5.41) is 8.74. The lowest BCUT2D eigenvalue weighted by Gasteiger charge is -2.19. The first-order valence-electron chi connectivity index (χ1n) is 10.4. The molecule has 0 aliphatic carbocycles. The predicted octanol–water partition coefficient (Wildman–Crippen LogP) is 4.72. The van der Waals surface area contributed by atoms with Gasteiger partial charge < -0.3 is 11.1 Å². The first-order valence-corrected chi connectivity index (χ1v) is 10.8. The first kappa shape index (κ1) is 22.5. The van der Waals surface area contributed by atoms with Gasteiger partial charge >= 0.3 is 0 Å². The molecular weight excluding hydrogens is 443 g/mol. The van der Waals surface area contributed by atoms with Crippen LogP contribution in [0.3, 0.4) is 0 Å². The number of nitrogens with zero attached hydrogens (tertiary/aromatic N) is 2. The Bertz CT molecular complexity index is 1350. The smallest absolute Gasteiger partial charge is 0.252 e. The molecule has 2 amide bonds. The molecule has 0 aliphatic heterocycles. The zero-order valence-electron chi connectivity index (χ0n) is 18.0. The SMILES string of the molecule is CC(C)C(NC(=O)c1ccc2c(-c3ccccc3Cl)nn(-c3ccc(F)cc3)c2c1)C(N)=O. The van der Waals surface area contributed by atoms with Crippen LogP contribution in [-0.2, 0) is 4.79 Å². The molecule has 168 valence electrons. The molecule has 0 saturated carbocycles. The van der Waals surface area contributed by atoms with E-state index >= 15 is 0 Å². The number of benzene rings is 3. The summed E-state index contributed by atoms with van der Waals surface area (Å²) in [4.78, 5) is 24.6. The topological polar surface area (TPSA) is 90.0 Å². The van der Waals surface area contributed by atoms with E-state index in [0.29, 0.717) is 27.5 Å². The number of nitrogens with one attached hydrogen (secondary N) is 1. The lowest BCUT2D eigenvalue weighted by Crippen LogP contribution is -2.47. The van der Waals surface area contributed by atoms with E-state index in [4.69, 9.17) is 22.4 Å². The molecule has 0 spiro atoms. The number of primary amides is 1.